The Hall–Kier alpha value is -3.01. The summed E-state index contributed by atoms with van der Waals surface area (Å²) in [7, 11) is 1.71. The van der Waals surface area contributed by atoms with Crippen LogP contribution in [-0.2, 0) is 6.54 Å². The van der Waals surface area contributed by atoms with Crippen LogP contribution in [0.4, 0.5) is 4.39 Å². The number of carbonyl (C=O) groups is 1. The van der Waals surface area contributed by atoms with E-state index >= 15 is 0 Å². The minimum atomic E-state index is -0.302. The fourth-order valence-corrected chi connectivity index (χ4v) is 2.74. The third-order valence-electron chi connectivity index (χ3n) is 4.04. The van der Waals surface area contributed by atoms with Crippen LogP contribution >= 0.6 is 0 Å². The Morgan fingerprint density at radius 3 is 2.48 bits per heavy atom. The van der Waals surface area contributed by atoms with Gasteiger partial charge in [-0.2, -0.15) is 0 Å². The minimum Gasteiger partial charge on any atom is -0.337 e. The standard InChI is InChI=1S/C21H19FN2O/c1-15-19(11-12-20(23-15)17-8-4-3-5-9-17)21(25)24(2)14-16-7-6-10-18(22)13-16/h3-13H,14H2,1-2H3. The van der Waals surface area contributed by atoms with E-state index in [9.17, 15) is 9.18 Å². The van der Waals surface area contributed by atoms with E-state index in [1.54, 1.807) is 30.1 Å². The number of halogens is 1. The highest BCUT2D eigenvalue weighted by Gasteiger charge is 2.16. The molecule has 0 N–H and O–H groups in total. The number of amides is 1. The number of aryl methyl sites for hydroxylation is 1. The van der Waals surface area contributed by atoms with E-state index in [0.29, 0.717) is 17.8 Å². The van der Waals surface area contributed by atoms with Gasteiger partial charge in [-0.05, 0) is 36.8 Å². The van der Waals surface area contributed by atoms with Crippen molar-refractivity contribution >= 4 is 5.91 Å². The lowest BCUT2D eigenvalue weighted by molar-refractivity contribution is 0.0783. The maximum absolute atomic E-state index is 13.3. The molecule has 4 heteroatoms. The van der Waals surface area contributed by atoms with Crippen LogP contribution in [-0.4, -0.2) is 22.8 Å². The third-order valence-corrected chi connectivity index (χ3v) is 4.04. The number of rotatable bonds is 4. The zero-order chi connectivity index (χ0) is 17.8. The van der Waals surface area contributed by atoms with Gasteiger partial charge in [0.2, 0.25) is 0 Å². The Bertz CT molecular complexity index is 893. The van der Waals surface area contributed by atoms with E-state index < -0.39 is 0 Å². The molecule has 0 radical (unpaired) electrons. The molecular weight excluding hydrogens is 315 g/mol. The summed E-state index contributed by atoms with van der Waals surface area (Å²) in [5, 5.41) is 0. The van der Waals surface area contributed by atoms with Gasteiger partial charge in [0.25, 0.3) is 5.91 Å². The van der Waals surface area contributed by atoms with E-state index in [4.69, 9.17) is 0 Å². The normalized spacial score (nSPS) is 10.5. The summed E-state index contributed by atoms with van der Waals surface area (Å²) in [5.74, 6) is -0.433. The van der Waals surface area contributed by atoms with Crippen LogP contribution in [0.25, 0.3) is 11.3 Å². The zero-order valence-electron chi connectivity index (χ0n) is 14.2. The van der Waals surface area contributed by atoms with Crippen molar-refractivity contribution in [2.75, 3.05) is 7.05 Å². The molecule has 3 nitrogen and oxygen atoms in total. The van der Waals surface area contributed by atoms with Gasteiger partial charge in [-0.1, -0.05) is 42.5 Å². The highest BCUT2D eigenvalue weighted by molar-refractivity contribution is 5.95. The Labute approximate surface area is 146 Å². The Kier molecular flexibility index (Phi) is 4.89. The first-order chi connectivity index (χ1) is 12.0. The molecule has 2 aromatic carbocycles. The van der Waals surface area contributed by atoms with E-state index in [1.165, 1.54) is 12.1 Å². The molecule has 0 atom stereocenters. The number of nitrogens with zero attached hydrogens (tertiary/aromatic N) is 2. The van der Waals surface area contributed by atoms with Crippen LogP contribution in [0.15, 0.2) is 66.7 Å². The van der Waals surface area contributed by atoms with Gasteiger partial charge in [-0.15, -0.1) is 0 Å². The SMILES string of the molecule is Cc1nc(-c2ccccc2)ccc1C(=O)N(C)Cc1cccc(F)c1. The molecule has 0 aliphatic carbocycles. The predicted octanol–water partition coefficient (Wildman–Crippen LogP) is 4.47. The first kappa shape index (κ1) is 16.8. The fraction of sp³-hybridized carbons (Fsp3) is 0.143. The summed E-state index contributed by atoms with van der Waals surface area (Å²) in [6.07, 6.45) is 0. The van der Waals surface area contributed by atoms with Gasteiger partial charge in [0.15, 0.2) is 0 Å². The second kappa shape index (κ2) is 7.26. The molecule has 0 unspecified atom stereocenters. The predicted molar refractivity (Wildman–Crippen MR) is 96.6 cm³/mol. The number of benzene rings is 2. The molecule has 1 amide bonds. The van der Waals surface area contributed by atoms with Crippen molar-refractivity contribution in [2.24, 2.45) is 0 Å². The van der Waals surface area contributed by atoms with Gasteiger partial charge in [0.1, 0.15) is 5.82 Å². The lowest BCUT2D eigenvalue weighted by atomic mass is 10.1. The van der Waals surface area contributed by atoms with Crippen molar-refractivity contribution in [2.45, 2.75) is 13.5 Å². The average molecular weight is 334 g/mol. The molecule has 0 saturated heterocycles. The molecule has 0 fully saturated rings. The van der Waals surface area contributed by atoms with Crippen molar-refractivity contribution in [1.82, 2.24) is 9.88 Å². The average Bonchev–Trinajstić information content (AvgIpc) is 2.62. The van der Waals surface area contributed by atoms with E-state index in [1.807, 2.05) is 43.3 Å². The smallest absolute Gasteiger partial charge is 0.255 e. The van der Waals surface area contributed by atoms with Crippen molar-refractivity contribution in [3.05, 3.63) is 89.4 Å². The highest BCUT2D eigenvalue weighted by Crippen LogP contribution is 2.19. The van der Waals surface area contributed by atoms with E-state index in [2.05, 4.69) is 4.98 Å². The number of aromatic nitrogens is 1. The van der Waals surface area contributed by atoms with E-state index in [0.717, 1.165) is 16.8 Å². The highest BCUT2D eigenvalue weighted by atomic mass is 19.1. The summed E-state index contributed by atoms with van der Waals surface area (Å²) in [4.78, 5) is 18.8. The lowest BCUT2D eigenvalue weighted by Gasteiger charge is -2.18. The monoisotopic (exact) mass is 334 g/mol. The van der Waals surface area contributed by atoms with Crippen molar-refractivity contribution in [1.29, 1.82) is 0 Å². The maximum Gasteiger partial charge on any atom is 0.255 e. The molecule has 0 aliphatic rings. The zero-order valence-corrected chi connectivity index (χ0v) is 14.2. The van der Waals surface area contributed by atoms with Crippen molar-refractivity contribution < 1.29 is 9.18 Å². The molecule has 1 heterocycles. The first-order valence-corrected chi connectivity index (χ1v) is 8.07. The molecule has 0 aliphatic heterocycles. The number of carbonyl (C=O) groups excluding carboxylic acids is 1. The second-order valence-corrected chi connectivity index (χ2v) is 5.99. The molecule has 3 aromatic rings. The van der Waals surface area contributed by atoms with Crippen LogP contribution in [0.3, 0.4) is 0 Å². The van der Waals surface area contributed by atoms with Crippen LogP contribution < -0.4 is 0 Å². The number of pyridine rings is 1. The Balaban J connectivity index is 1.80. The molecule has 0 bridgehead atoms. The van der Waals surface area contributed by atoms with Gasteiger partial charge < -0.3 is 4.90 Å². The van der Waals surface area contributed by atoms with Gasteiger partial charge in [0, 0.05) is 19.2 Å². The summed E-state index contributed by atoms with van der Waals surface area (Å²) >= 11 is 0. The Morgan fingerprint density at radius 1 is 1.04 bits per heavy atom. The Morgan fingerprint density at radius 2 is 1.80 bits per heavy atom. The summed E-state index contributed by atoms with van der Waals surface area (Å²) in [6.45, 7) is 2.17. The summed E-state index contributed by atoms with van der Waals surface area (Å²) < 4.78 is 13.3. The summed E-state index contributed by atoms with van der Waals surface area (Å²) in [6, 6.07) is 19.8. The first-order valence-electron chi connectivity index (χ1n) is 8.07. The van der Waals surface area contributed by atoms with Gasteiger partial charge >= 0.3 is 0 Å². The van der Waals surface area contributed by atoms with Crippen LogP contribution in [0.1, 0.15) is 21.6 Å². The van der Waals surface area contributed by atoms with Crippen LogP contribution in [0.5, 0.6) is 0 Å². The second-order valence-electron chi connectivity index (χ2n) is 5.99. The van der Waals surface area contributed by atoms with Crippen LogP contribution in [0, 0.1) is 12.7 Å². The van der Waals surface area contributed by atoms with Crippen LogP contribution in [0.2, 0.25) is 0 Å². The molecule has 3 rings (SSSR count). The molecule has 126 valence electrons. The van der Waals surface area contributed by atoms with Crippen molar-refractivity contribution in [3.63, 3.8) is 0 Å². The largest absolute Gasteiger partial charge is 0.337 e. The lowest BCUT2D eigenvalue weighted by Crippen LogP contribution is -2.27. The molecule has 0 spiro atoms. The maximum atomic E-state index is 13.3. The van der Waals surface area contributed by atoms with Gasteiger partial charge in [0.05, 0.1) is 17.0 Å². The van der Waals surface area contributed by atoms with Gasteiger partial charge in [-0.25, -0.2) is 4.39 Å². The van der Waals surface area contributed by atoms with E-state index in [-0.39, 0.29) is 11.7 Å². The molecule has 0 saturated carbocycles. The topological polar surface area (TPSA) is 33.2 Å². The van der Waals surface area contributed by atoms with Crippen molar-refractivity contribution in [3.8, 4) is 11.3 Å². The third kappa shape index (κ3) is 3.91. The molecular formula is C21H19FN2O. The fourth-order valence-electron chi connectivity index (χ4n) is 2.74. The quantitative estimate of drug-likeness (QED) is 0.705. The number of hydrogen-bond donors (Lipinski definition) is 0. The van der Waals surface area contributed by atoms with Gasteiger partial charge in [-0.3, -0.25) is 9.78 Å². The minimum absolute atomic E-state index is 0.131. The summed E-state index contributed by atoms with van der Waals surface area (Å²) in [5.41, 5.74) is 3.83. The molecule has 1 aromatic heterocycles. The number of hydrogen-bond acceptors (Lipinski definition) is 2. The molecule has 25 heavy (non-hydrogen) atoms.